The number of aryl methyl sites for hydroxylation is 1. The fourth-order valence-corrected chi connectivity index (χ4v) is 2.09. The van der Waals surface area contributed by atoms with Crippen LogP contribution in [-0.2, 0) is 0 Å². The summed E-state index contributed by atoms with van der Waals surface area (Å²) >= 11 is 0. The number of amides is 1. The molecule has 0 atom stereocenters. The summed E-state index contributed by atoms with van der Waals surface area (Å²) in [6, 6.07) is 3.61. The van der Waals surface area contributed by atoms with Crippen LogP contribution in [-0.4, -0.2) is 39.0 Å². The van der Waals surface area contributed by atoms with Crippen molar-refractivity contribution in [1.82, 2.24) is 14.9 Å². The van der Waals surface area contributed by atoms with E-state index >= 15 is 0 Å². The van der Waals surface area contributed by atoms with Gasteiger partial charge in [0.25, 0.3) is 5.91 Å². The number of aromatic nitrogens is 2. The standard InChI is InChI=1S/C14H17N3O2/c1-4-17(5-2)14(19)12-13(18)11-10(9(3)16-12)7-6-8-15-11/h6-8,18H,4-5H2,1-3H3. The average molecular weight is 259 g/mol. The second-order valence-corrected chi connectivity index (χ2v) is 4.27. The molecule has 2 aromatic heterocycles. The van der Waals surface area contributed by atoms with Gasteiger partial charge in [0.15, 0.2) is 11.4 Å². The molecule has 2 aromatic rings. The lowest BCUT2D eigenvalue weighted by atomic mass is 10.1. The highest BCUT2D eigenvalue weighted by molar-refractivity contribution is 6.01. The lowest BCUT2D eigenvalue weighted by Gasteiger charge is -2.19. The van der Waals surface area contributed by atoms with Gasteiger partial charge in [-0.15, -0.1) is 0 Å². The Morgan fingerprint density at radius 1 is 1.37 bits per heavy atom. The Hall–Kier alpha value is -2.17. The van der Waals surface area contributed by atoms with Crippen LogP contribution in [0.4, 0.5) is 0 Å². The van der Waals surface area contributed by atoms with Gasteiger partial charge in [-0.25, -0.2) is 4.98 Å². The molecule has 19 heavy (non-hydrogen) atoms. The first kappa shape index (κ1) is 13.3. The van der Waals surface area contributed by atoms with E-state index in [2.05, 4.69) is 9.97 Å². The SMILES string of the molecule is CCN(CC)C(=O)c1nc(C)c2cccnc2c1O. The van der Waals surface area contributed by atoms with Crippen LogP contribution in [0.2, 0.25) is 0 Å². The van der Waals surface area contributed by atoms with Crippen molar-refractivity contribution in [1.29, 1.82) is 0 Å². The lowest BCUT2D eigenvalue weighted by molar-refractivity contribution is 0.0764. The maximum atomic E-state index is 12.3. The molecule has 0 unspecified atom stereocenters. The maximum Gasteiger partial charge on any atom is 0.276 e. The van der Waals surface area contributed by atoms with E-state index in [4.69, 9.17) is 0 Å². The quantitative estimate of drug-likeness (QED) is 0.917. The third-order valence-electron chi connectivity index (χ3n) is 3.18. The number of fused-ring (bicyclic) bond motifs is 1. The third kappa shape index (κ3) is 2.23. The second-order valence-electron chi connectivity index (χ2n) is 4.27. The normalized spacial score (nSPS) is 10.7. The van der Waals surface area contributed by atoms with Gasteiger partial charge >= 0.3 is 0 Å². The zero-order chi connectivity index (χ0) is 14.0. The molecular formula is C14H17N3O2. The molecule has 0 aliphatic rings. The van der Waals surface area contributed by atoms with E-state index in [1.165, 1.54) is 0 Å². The van der Waals surface area contributed by atoms with Crippen molar-refractivity contribution in [3.05, 3.63) is 29.7 Å². The molecule has 0 saturated heterocycles. The zero-order valence-electron chi connectivity index (χ0n) is 11.3. The molecule has 5 nitrogen and oxygen atoms in total. The highest BCUT2D eigenvalue weighted by atomic mass is 16.3. The second kappa shape index (κ2) is 5.22. The molecule has 100 valence electrons. The highest BCUT2D eigenvalue weighted by Crippen LogP contribution is 2.28. The Balaban J connectivity index is 2.62. The van der Waals surface area contributed by atoms with E-state index in [0.717, 1.165) is 5.39 Å². The highest BCUT2D eigenvalue weighted by Gasteiger charge is 2.21. The molecule has 2 rings (SSSR count). The molecule has 0 aliphatic heterocycles. The number of carbonyl (C=O) groups is 1. The summed E-state index contributed by atoms with van der Waals surface area (Å²) in [5.74, 6) is -0.406. The van der Waals surface area contributed by atoms with Crippen molar-refractivity contribution < 1.29 is 9.90 Å². The number of carbonyl (C=O) groups excluding carboxylic acids is 1. The number of hydrogen-bond acceptors (Lipinski definition) is 4. The van der Waals surface area contributed by atoms with Gasteiger partial charge in [-0.1, -0.05) is 0 Å². The number of aromatic hydroxyl groups is 1. The van der Waals surface area contributed by atoms with E-state index in [1.54, 1.807) is 17.2 Å². The molecule has 0 saturated carbocycles. The molecular weight excluding hydrogens is 242 g/mol. The summed E-state index contributed by atoms with van der Waals surface area (Å²) < 4.78 is 0. The van der Waals surface area contributed by atoms with Crippen molar-refractivity contribution in [2.45, 2.75) is 20.8 Å². The van der Waals surface area contributed by atoms with E-state index in [-0.39, 0.29) is 17.4 Å². The first-order valence-corrected chi connectivity index (χ1v) is 6.33. The minimum atomic E-state index is -0.266. The van der Waals surface area contributed by atoms with Crippen molar-refractivity contribution in [2.75, 3.05) is 13.1 Å². The Morgan fingerprint density at radius 2 is 2.05 bits per heavy atom. The van der Waals surface area contributed by atoms with Gasteiger partial charge in [0.1, 0.15) is 5.52 Å². The first-order chi connectivity index (χ1) is 9.10. The largest absolute Gasteiger partial charge is 0.504 e. The molecule has 0 bridgehead atoms. The Labute approximate surface area is 111 Å². The number of pyridine rings is 2. The van der Waals surface area contributed by atoms with Crippen LogP contribution in [0.15, 0.2) is 18.3 Å². The summed E-state index contributed by atoms with van der Waals surface area (Å²) in [5, 5.41) is 11.0. The van der Waals surface area contributed by atoms with Gasteiger partial charge in [-0.05, 0) is 32.9 Å². The summed E-state index contributed by atoms with van der Waals surface area (Å²) in [7, 11) is 0. The van der Waals surface area contributed by atoms with E-state index in [0.29, 0.717) is 24.3 Å². The van der Waals surface area contributed by atoms with Crippen LogP contribution < -0.4 is 0 Å². The molecule has 0 fully saturated rings. The molecule has 5 heteroatoms. The Kier molecular flexibility index (Phi) is 3.64. The molecule has 0 radical (unpaired) electrons. The fraction of sp³-hybridized carbons (Fsp3) is 0.357. The summed E-state index contributed by atoms with van der Waals surface area (Å²) in [5.41, 5.74) is 1.19. The molecule has 0 aliphatic carbocycles. The van der Waals surface area contributed by atoms with Crippen LogP contribution in [0, 0.1) is 6.92 Å². The van der Waals surface area contributed by atoms with Crippen LogP contribution in [0.5, 0.6) is 5.75 Å². The van der Waals surface area contributed by atoms with Gasteiger partial charge in [0, 0.05) is 30.4 Å². The van der Waals surface area contributed by atoms with Crippen molar-refractivity contribution in [3.8, 4) is 5.75 Å². The average Bonchev–Trinajstić information content (AvgIpc) is 2.44. The van der Waals surface area contributed by atoms with Crippen LogP contribution in [0.25, 0.3) is 10.9 Å². The number of nitrogens with zero attached hydrogens (tertiary/aromatic N) is 3. The predicted octanol–water partition coefficient (Wildman–Crippen LogP) is 2.13. The van der Waals surface area contributed by atoms with E-state index < -0.39 is 0 Å². The number of rotatable bonds is 3. The van der Waals surface area contributed by atoms with Gasteiger partial charge < -0.3 is 10.0 Å². The van der Waals surface area contributed by atoms with Gasteiger partial charge in [-0.3, -0.25) is 9.78 Å². The van der Waals surface area contributed by atoms with Crippen molar-refractivity contribution in [2.24, 2.45) is 0 Å². The first-order valence-electron chi connectivity index (χ1n) is 6.33. The van der Waals surface area contributed by atoms with Gasteiger partial charge in [-0.2, -0.15) is 0 Å². The Morgan fingerprint density at radius 3 is 2.68 bits per heavy atom. The summed E-state index contributed by atoms with van der Waals surface area (Å²) in [6.07, 6.45) is 1.59. The predicted molar refractivity (Wildman–Crippen MR) is 73.2 cm³/mol. The topological polar surface area (TPSA) is 66.3 Å². The number of hydrogen-bond donors (Lipinski definition) is 1. The van der Waals surface area contributed by atoms with Crippen LogP contribution in [0.3, 0.4) is 0 Å². The zero-order valence-corrected chi connectivity index (χ0v) is 11.3. The minimum absolute atomic E-state index is 0.0763. The van der Waals surface area contributed by atoms with Gasteiger partial charge in [0.05, 0.1) is 0 Å². The lowest BCUT2D eigenvalue weighted by Crippen LogP contribution is -2.31. The smallest absolute Gasteiger partial charge is 0.276 e. The molecule has 1 amide bonds. The van der Waals surface area contributed by atoms with E-state index in [1.807, 2.05) is 26.8 Å². The molecule has 1 N–H and O–H groups in total. The Bertz CT molecular complexity index is 621. The summed E-state index contributed by atoms with van der Waals surface area (Å²) in [4.78, 5) is 22.3. The van der Waals surface area contributed by atoms with Crippen molar-refractivity contribution >= 4 is 16.8 Å². The minimum Gasteiger partial charge on any atom is -0.504 e. The van der Waals surface area contributed by atoms with Crippen molar-refractivity contribution in [3.63, 3.8) is 0 Å². The van der Waals surface area contributed by atoms with Crippen LogP contribution >= 0.6 is 0 Å². The fourth-order valence-electron chi connectivity index (χ4n) is 2.09. The summed E-state index contributed by atoms with van der Waals surface area (Å²) in [6.45, 7) is 6.75. The monoisotopic (exact) mass is 259 g/mol. The van der Waals surface area contributed by atoms with Crippen LogP contribution in [0.1, 0.15) is 30.0 Å². The molecule has 0 spiro atoms. The van der Waals surface area contributed by atoms with E-state index in [9.17, 15) is 9.90 Å². The third-order valence-corrected chi connectivity index (χ3v) is 3.18. The maximum absolute atomic E-state index is 12.3. The van der Waals surface area contributed by atoms with Gasteiger partial charge in [0.2, 0.25) is 0 Å². The molecule has 2 heterocycles. The molecule has 0 aromatic carbocycles.